The predicted octanol–water partition coefficient (Wildman–Crippen LogP) is 2.36. The second-order valence-electron chi connectivity index (χ2n) is 8.94. The van der Waals surface area contributed by atoms with Crippen molar-refractivity contribution in [3.63, 3.8) is 0 Å². The predicted molar refractivity (Wildman–Crippen MR) is 136 cm³/mol. The Morgan fingerprint density at radius 1 is 1.09 bits per heavy atom. The fraction of sp³-hybridized carbons (Fsp3) is 0.417. The Kier molecular flexibility index (Phi) is 8.53. The number of carbonyl (C=O) groups is 2. The van der Waals surface area contributed by atoms with Gasteiger partial charge in [-0.3, -0.25) is 4.79 Å². The third-order valence-corrected chi connectivity index (χ3v) is 7.36. The molecule has 0 atom stereocenters. The number of ether oxygens (including phenoxy) is 1. The monoisotopic (exact) mass is 493 g/mol. The lowest BCUT2D eigenvalue weighted by Crippen LogP contribution is -2.46. The van der Waals surface area contributed by atoms with E-state index in [1.54, 1.807) is 24.3 Å². The van der Waals surface area contributed by atoms with Gasteiger partial charge < -0.3 is 15.4 Å². The van der Waals surface area contributed by atoms with Gasteiger partial charge in [0.05, 0.1) is 33.3 Å². The van der Waals surface area contributed by atoms with Gasteiger partial charge in [0.15, 0.2) is 0 Å². The first kappa shape index (κ1) is 26.7. The number of urea groups is 1. The first-order valence-electron chi connectivity index (χ1n) is 11.4. The van der Waals surface area contributed by atoms with E-state index in [1.807, 2.05) is 17.7 Å². The maximum atomic E-state index is 12.6. The summed E-state index contributed by atoms with van der Waals surface area (Å²) < 4.78 is 32.4. The van der Waals surface area contributed by atoms with Gasteiger partial charge in [-0.1, -0.05) is 41.8 Å². The summed E-state index contributed by atoms with van der Waals surface area (Å²) in [5.41, 5.74) is 2.23. The van der Waals surface area contributed by atoms with Crippen molar-refractivity contribution in [2.24, 2.45) is 0 Å². The van der Waals surface area contributed by atoms with Crippen LogP contribution in [0.25, 0.3) is 0 Å². The Morgan fingerprint density at radius 2 is 1.74 bits per heavy atom. The Labute approximate surface area is 209 Å². The Hall–Kier alpha value is -2.94. The summed E-state index contributed by atoms with van der Waals surface area (Å²) >= 11 is 0. The zero-order chi connectivity index (χ0) is 25.6. The average molecular weight is 493 g/mol. The van der Waals surface area contributed by atoms with E-state index in [0.29, 0.717) is 50.0 Å². The minimum absolute atomic E-state index is 0.0310. The zero-order valence-electron chi connectivity index (χ0n) is 20.0. The van der Waals surface area contributed by atoms with Crippen LogP contribution in [0.1, 0.15) is 47.2 Å². The topological polar surface area (TPSA) is 114 Å². The lowest BCUT2D eigenvalue weighted by molar-refractivity contribution is 0.0951. The largest absolute Gasteiger partial charge is 0.496 e. The van der Waals surface area contributed by atoms with Gasteiger partial charge in [-0.2, -0.15) is 0 Å². The van der Waals surface area contributed by atoms with Crippen LogP contribution in [0.3, 0.4) is 0 Å². The number of amides is 3. The van der Waals surface area contributed by atoms with Crippen LogP contribution in [0.15, 0.2) is 47.4 Å². The number of hydrogen-bond donors (Lipinski definition) is 3. The van der Waals surface area contributed by atoms with Crippen molar-refractivity contribution in [2.45, 2.75) is 55.2 Å². The van der Waals surface area contributed by atoms with Gasteiger partial charge in [0.25, 0.3) is 15.9 Å². The van der Waals surface area contributed by atoms with Gasteiger partial charge >= 0.3 is 6.03 Å². The Morgan fingerprint density at radius 3 is 2.37 bits per heavy atom. The van der Waals surface area contributed by atoms with Gasteiger partial charge in [-0.15, -0.1) is 0 Å². The second kappa shape index (κ2) is 11.2. The first-order chi connectivity index (χ1) is 16.5. The highest BCUT2D eigenvalue weighted by Crippen LogP contribution is 2.36. The van der Waals surface area contributed by atoms with E-state index >= 15 is 0 Å². The van der Waals surface area contributed by atoms with Crippen molar-refractivity contribution >= 4 is 37.7 Å². The van der Waals surface area contributed by atoms with Crippen LogP contribution in [-0.2, 0) is 16.4 Å². The molecule has 3 N–H and O–H groups in total. The van der Waals surface area contributed by atoms with Crippen LogP contribution in [-0.4, -0.2) is 55.7 Å². The second-order valence-corrected chi connectivity index (χ2v) is 10.6. The smallest absolute Gasteiger partial charge is 0.328 e. The van der Waals surface area contributed by atoms with Crippen molar-refractivity contribution in [1.29, 1.82) is 0 Å². The van der Waals surface area contributed by atoms with Gasteiger partial charge in [-0.05, 0) is 56.0 Å². The number of sulfonamides is 1. The third kappa shape index (κ3) is 7.52. The first-order valence-corrected chi connectivity index (χ1v) is 12.9. The molecule has 0 unspecified atom stereocenters. The molecule has 182 valence electrons. The standard InChI is InChI=1S/C24H29B2N3O5S/c1-16-3-8-21(34-2)20(15-16)22(30)27-14-11-17-4-6-19(7-5-17)35(32,33)29-23(31)28-18-9-12-24(25,26)13-10-18/h3-8,15,18H,9-14H2,1-2H3,(H,27,30)(H2,28,29,31). The number of benzene rings is 2. The maximum absolute atomic E-state index is 12.6. The highest BCUT2D eigenvalue weighted by molar-refractivity contribution is 7.90. The summed E-state index contributed by atoms with van der Waals surface area (Å²) in [6.07, 6.45) is 2.76. The molecule has 1 fully saturated rings. The SMILES string of the molecule is [B]C1([B])CCC(NC(=O)NS(=O)(=O)c2ccc(CCNC(=O)c3cc(C)ccc3OC)cc2)CC1. The van der Waals surface area contributed by atoms with Crippen LogP contribution in [0.5, 0.6) is 5.75 Å². The third-order valence-electron chi connectivity index (χ3n) is 6.01. The Balaban J connectivity index is 1.50. The molecular weight excluding hydrogens is 464 g/mol. The molecule has 2 aromatic carbocycles. The van der Waals surface area contributed by atoms with E-state index in [-0.39, 0.29) is 16.8 Å². The van der Waals surface area contributed by atoms with E-state index < -0.39 is 21.3 Å². The summed E-state index contributed by atoms with van der Waals surface area (Å²) in [5, 5.41) is 4.78. The van der Waals surface area contributed by atoms with E-state index in [1.165, 1.54) is 19.2 Å². The molecule has 3 rings (SSSR count). The summed E-state index contributed by atoms with van der Waals surface area (Å²) in [7, 11) is 9.24. The van der Waals surface area contributed by atoms with Gasteiger partial charge in [0.2, 0.25) is 0 Å². The fourth-order valence-corrected chi connectivity index (χ4v) is 4.86. The number of nitrogens with one attached hydrogen (secondary N) is 3. The summed E-state index contributed by atoms with van der Waals surface area (Å²) in [4.78, 5) is 24.7. The molecule has 0 aromatic heterocycles. The molecule has 4 radical (unpaired) electrons. The minimum atomic E-state index is -4.03. The van der Waals surface area contributed by atoms with Crippen molar-refractivity contribution in [1.82, 2.24) is 15.4 Å². The van der Waals surface area contributed by atoms with E-state index in [0.717, 1.165) is 11.1 Å². The highest BCUT2D eigenvalue weighted by Gasteiger charge is 2.28. The average Bonchev–Trinajstić information content (AvgIpc) is 2.80. The summed E-state index contributed by atoms with van der Waals surface area (Å²) in [5.74, 6) is 0.246. The molecule has 2 aromatic rings. The molecule has 1 aliphatic carbocycles. The number of aryl methyl sites for hydroxylation is 1. The number of rotatable bonds is 8. The molecule has 0 saturated heterocycles. The highest BCUT2D eigenvalue weighted by atomic mass is 32.2. The summed E-state index contributed by atoms with van der Waals surface area (Å²) in [6.45, 7) is 2.25. The minimum Gasteiger partial charge on any atom is -0.496 e. The molecule has 1 aliphatic rings. The number of hydrogen-bond acceptors (Lipinski definition) is 5. The number of carbonyl (C=O) groups excluding carboxylic acids is 2. The molecule has 35 heavy (non-hydrogen) atoms. The fourth-order valence-electron chi connectivity index (χ4n) is 3.95. The van der Waals surface area contributed by atoms with E-state index in [9.17, 15) is 18.0 Å². The molecule has 11 heteroatoms. The molecular formula is C24H29B2N3O5S. The summed E-state index contributed by atoms with van der Waals surface area (Å²) in [6, 6.07) is 10.6. The van der Waals surface area contributed by atoms with Gasteiger partial charge in [0.1, 0.15) is 5.75 Å². The Bertz CT molecular complexity index is 1160. The quantitative estimate of drug-likeness (QED) is 0.489. The van der Waals surface area contributed by atoms with Crippen LogP contribution >= 0.6 is 0 Å². The van der Waals surface area contributed by atoms with E-state index in [4.69, 9.17) is 20.4 Å². The van der Waals surface area contributed by atoms with Crippen LogP contribution in [0.4, 0.5) is 4.79 Å². The molecule has 8 nitrogen and oxygen atoms in total. The lowest BCUT2D eigenvalue weighted by Gasteiger charge is -2.35. The normalized spacial score (nSPS) is 15.7. The van der Waals surface area contributed by atoms with Gasteiger partial charge in [-0.25, -0.2) is 17.9 Å². The van der Waals surface area contributed by atoms with Gasteiger partial charge in [0, 0.05) is 12.6 Å². The molecule has 0 bridgehead atoms. The lowest BCUT2D eigenvalue weighted by atomic mass is 9.48. The van der Waals surface area contributed by atoms with Crippen LogP contribution in [0, 0.1) is 6.92 Å². The molecule has 0 heterocycles. The van der Waals surface area contributed by atoms with Crippen molar-refractivity contribution in [2.75, 3.05) is 13.7 Å². The van der Waals surface area contributed by atoms with Crippen LogP contribution < -0.4 is 20.1 Å². The molecule has 0 spiro atoms. The molecule has 0 aliphatic heterocycles. The van der Waals surface area contributed by atoms with Crippen LogP contribution in [0.2, 0.25) is 5.21 Å². The molecule has 1 saturated carbocycles. The maximum Gasteiger partial charge on any atom is 0.328 e. The zero-order valence-corrected chi connectivity index (χ0v) is 20.8. The molecule has 3 amide bonds. The number of methoxy groups -OCH3 is 1. The van der Waals surface area contributed by atoms with Crippen molar-refractivity contribution < 1.29 is 22.7 Å². The van der Waals surface area contributed by atoms with Crippen molar-refractivity contribution in [3.8, 4) is 5.75 Å². The van der Waals surface area contributed by atoms with E-state index in [2.05, 4.69) is 10.6 Å². The van der Waals surface area contributed by atoms with Crippen molar-refractivity contribution in [3.05, 3.63) is 59.2 Å².